The lowest BCUT2D eigenvalue weighted by Gasteiger charge is -2.05. The average Bonchev–Trinajstić information content (AvgIpc) is 2.46. The molecular weight excluding hydrogens is 226 g/mol. The van der Waals surface area contributed by atoms with E-state index in [2.05, 4.69) is 11.9 Å². The molecule has 1 heterocycles. The Morgan fingerprint density at radius 1 is 1.17 bits per heavy atom. The van der Waals surface area contributed by atoms with Gasteiger partial charge >= 0.3 is 0 Å². The number of rotatable bonds is 5. The Labute approximate surface area is 106 Å². The number of hydrogen-bond donors (Lipinski definition) is 0. The maximum Gasteiger partial charge on any atom is 0.211 e. The van der Waals surface area contributed by atoms with Crippen LogP contribution < -0.4 is 4.74 Å². The molecule has 0 aliphatic heterocycles. The molecule has 1 aromatic heterocycles. The van der Waals surface area contributed by atoms with Crippen molar-refractivity contribution in [3.05, 3.63) is 59.9 Å². The van der Waals surface area contributed by atoms with Crippen molar-refractivity contribution in [3.8, 4) is 5.75 Å². The van der Waals surface area contributed by atoms with Crippen LogP contribution in [0, 0.1) is 0 Å². The summed E-state index contributed by atoms with van der Waals surface area (Å²) in [5, 5.41) is 0. The normalized spacial score (nSPS) is 10.1. The minimum atomic E-state index is -0.0716. The second-order valence-electron chi connectivity index (χ2n) is 3.92. The minimum absolute atomic E-state index is 0.0716. The number of benzene rings is 1. The summed E-state index contributed by atoms with van der Waals surface area (Å²) in [6.07, 6.45) is 2.58. The largest absolute Gasteiger partial charge is 0.494 e. The molecule has 0 radical (unpaired) electrons. The Bertz CT molecular complexity index is 506. The van der Waals surface area contributed by atoms with E-state index in [0.717, 1.165) is 12.2 Å². The van der Waals surface area contributed by atoms with Crippen LogP contribution in [0.25, 0.3) is 0 Å². The van der Waals surface area contributed by atoms with Crippen LogP contribution in [0.2, 0.25) is 0 Å². The number of pyridine rings is 1. The van der Waals surface area contributed by atoms with Gasteiger partial charge in [0, 0.05) is 11.8 Å². The van der Waals surface area contributed by atoms with Crippen molar-refractivity contribution in [1.82, 2.24) is 4.98 Å². The van der Waals surface area contributed by atoms with Gasteiger partial charge in [0.05, 0.1) is 6.61 Å². The molecule has 0 aliphatic carbocycles. The van der Waals surface area contributed by atoms with Crippen molar-refractivity contribution in [2.75, 3.05) is 6.61 Å². The van der Waals surface area contributed by atoms with Crippen LogP contribution in [0.4, 0.5) is 0 Å². The first-order chi connectivity index (χ1) is 8.81. The third-order valence-electron chi connectivity index (χ3n) is 2.49. The summed E-state index contributed by atoms with van der Waals surface area (Å²) in [5.41, 5.74) is 1.08. The van der Waals surface area contributed by atoms with Crippen LogP contribution in [-0.2, 0) is 0 Å². The van der Waals surface area contributed by atoms with Gasteiger partial charge in [-0.2, -0.15) is 0 Å². The Hall–Kier alpha value is -2.16. The van der Waals surface area contributed by atoms with Crippen LogP contribution in [-0.4, -0.2) is 17.4 Å². The maximum absolute atomic E-state index is 12.1. The molecule has 0 unspecified atom stereocenters. The molecule has 2 aromatic rings. The van der Waals surface area contributed by atoms with E-state index in [0.29, 0.717) is 17.9 Å². The molecule has 18 heavy (non-hydrogen) atoms. The number of ether oxygens (including phenoxy) is 1. The molecule has 1 aromatic carbocycles. The summed E-state index contributed by atoms with van der Waals surface area (Å²) in [4.78, 5) is 16.1. The predicted molar refractivity (Wildman–Crippen MR) is 69.9 cm³/mol. The van der Waals surface area contributed by atoms with Crippen molar-refractivity contribution >= 4 is 5.78 Å². The van der Waals surface area contributed by atoms with Crippen LogP contribution in [0.15, 0.2) is 48.7 Å². The Kier molecular flexibility index (Phi) is 4.07. The van der Waals surface area contributed by atoms with E-state index in [1.54, 1.807) is 36.5 Å². The molecular formula is C15H15NO2. The zero-order valence-electron chi connectivity index (χ0n) is 10.3. The summed E-state index contributed by atoms with van der Waals surface area (Å²) in [7, 11) is 0. The summed E-state index contributed by atoms with van der Waals surface area (Å²) in [6, 6.07) is 12.5. The number of aromatic nitrogens is 1. The third kappa shape index (κ3) is 2.94. The Balaban J connectivity index is 2.12. The Morgan fingerprint density at radius 3 is 2.56 bits per heavy atom. The number of nitrogens with zero attached hydrogens (tertiary/aromatic N) is 1. The van der Waals surface area contributed by atoms with Gasteiger partial charge in [-0.3, -0.25) is 9.78 Å². The summed E-state index contributed by atoms with van der Waals surface area (Å²) in [6.45, 7) is 2.74. The van der Waals surface area contributed by atoms with Gasteiger partial charge in [0.2, 0.25) is 5.78 Å². The summed E-state index contributed by atoms with van der Waals surface area (Å²) in [5.74, 6) is 0.715. The highest BCUT2D eigenvalue weighted by atomic mass is 16.5. The van der Waals surface area contributed by atoms with Gasteiger partial charge < -0.3 is 4.74 Å². The van der Waals surface area contributed by atoms with Gasteiger partial charge in [-0.15, -0.1) is 0 Å². The maximum atomic E-state index is 12.1. The fraction of sp³-hybridized carbons (Fsp3) is 0.200. The zero-order valence-corrected chi connectivity index (χ0v) is 10.3. The van der Waals surface area contributed by atoms with Gasteiger partial charge in [-0.25, -0.2) is 0 Å². The molecule has 0 fully saturated rings. The highest BCUT2D eigenvalue weighted by Crippen LogP contribution is 2.14. The first-order valence-corrected chi connectivity index (χ1v) is 6.00. The van der Waals surface area contributed by atoms with E-state index in [4.69, 9.17) is 4.74 Å². The monoisotopic (exact) mass is 241 g/mol. The SMILES string of the molecule is CCCOc1ccc(C(=O)c2ccccn2)cc1. The minimum Gasteiger partial charge on any atom is -0.494 e. The second-order valence-corrected chi connectivity index (χ2v) is 3.92. The molecule has 0 bridgehead atoms. The molecule has 3 heteroatoms. The fourth-order valence-electron chi connectivity index (χ4n) is 1.57. The highest BCUT2D eigenvalue weighted by molar-refractivity contribution is 6.07. The lowest BCUT2D eigenvalue weighted by atomic mass is 10.1. The van der Waals surface area contributed by atoms with Gasteiger partial charge in [0.1, 0.15) is 11.4 Å². The molecule has 0 atom stereocenters. The molecule has 0 spiro atoms. The lowest BCUT2D eigenvalue weighted by molar-refractivity contribution is 0.103. The first kappa shape index (κ1) is 12.3. The second kappa shape index (κ2) is 5.96. The van der Waals surface area contributed by atoms with E-state index in [9.17, 15) is 4.79 Å². The van der Waals surface area contributed by atoms with Crippen molar-refractivity contribution in [1.29, 1.82) is 0 Å². The molecule has 0 aliphatic rings. The molecule has 0 amide bonds. The lowest BCUT2D eigenvalue weighted by Crippen LogP contribution is -2.03. The van der Waals surface area contributed by atoms with E-state index >= 15 is 0 Å². The topological polar surface area (TPSA) is 39.2 Å². The number of carbonyl (C=O) groups is 1. The van der Waals surface area contributed by atoms with E-state index in [1.165, 1.54) is 0 Å². The zero-order chi connectivity index (χ0) is 12.8. The number of carbonyl (C=O) groups excluding carboxylic acids is 1. The average molecular weight is 241 g/mol. The summed E-state index contributed by atoms with van der Waals surface area (Å²) < 4.78 is 5.47. The number of ketones is 1. The van der Waals surface area contributed by atoms with Gasteiger partial charge in [-0.05, 0) is 42.8 Å². The van der Waals surface area contributed by atoms with E-state index < -0.39 is 0 Å². The van der Waals surface area contributed by atoms with E-state index in [1.807, 2.05) is 12.1 Å². The first-order valence-electron chi connectivity index (χ1n) is 6.00. The smallest absolute Gasteiger partial charge is 0.211 e. The predicted octanol–water partition coefficient (Wildman–Crippen LogP) is 3.10. The van der Waals surface area contributed by atoms with Crippen molar-refractivity contribution < 1.29 is 9.53 Å². The standard InChI is InChI=1S/C15H15NO2/c1-2-11-18-13-8-6-12(7-9-13)15(17)14-5-3-4-10-16-14/h3-10H,2,11H2,1H3. The van der Waals surface area contributed by atoms with Gasteiger partial charge in [0.25, 0.3) is 0 Å². The quantitative estimate of drug-likeness (QED) is 0.755. The van der Waals surface area contributed by atoms with Crippen molar-refractivity contribution in [3.63, 3.8) is 0 Å². The van der Waals surface area contributed by atoms with Crippen molar-refractivity contribution in [2.24, 2.45) is 0 Å². The van der Waals surface area contributed by atoms with Crippen LogP contribution in [0.5, 0.6) is 5.75 Å². The molecule has 0 saturated heterocycles. The Morgan fingerprint density at radius 2 is 1.94 bits per heavy atom. The van der Waals surface area contributed by atoms with Gasteiger partial charge in [-0.1, -0.05) is 13.0 Å². The van der Waals surface area contributed by atoms with Crippen LogP contribution in [0.1, 0.15) is 29.4 Å². The highest BCUT2D eigenvalue weighted by Gasteiger charge is 2.09. The van der Waals surface area contributed by atoms with Crippen LogP contribution >= 0.6 is 0 Å². The third-order valence-corrected chi connectivity index (χ3v) is 2.49. The molecule has 92 valence electrons. The summed E-state index contributed by atoms with van der Waals surface area (Å²) >= 11 is 0. The molecule has 0 N–H and O–H groups in total. The van der Waals surface area contributed by atoms with Crippen molar-refractivity contribution in [2.45, 2.75) is 13.3 Å². The van der Waals surface area contributed by atoms with Crippen LogP contribution in [0.3, 0.4) is 0 Å². The fourth-order valence-corrected chi connectivity index (χ4v) is 1.57. The number of hydrogen-bond acceptors (Lipinski definition) is 3. The van der Waals surface area contributed by atoms with E-state index in [-0.39, 0.29) is 5.78 Å². The molecule has 0 saturated carbocycles. The molecule has 2 rings (SSSR count). The molecule has 3 nitrogen and oxygen atoms in total. The van der Waals surface area contributed by atoms with Gasteiger partial charge in [0.15, 0.2) is 0 Å².